The number of benzene rings is 2. The molecule has 296 valence electrons. The summed E-state index contributed by atoms with van der Waals surface area (Å²) in [6.45, 7) is 4.42. The molecule has 55 heavy (non-hydrogen) atoms. The molecule has 1 saturated carbocycles. The summed E-state index contributed by atoms with van der Waals surface area (Å²) in [6.07, 6.45) is 4.15. The third kappa shape index (κ3) is 10.5. The number of thiazole rings is 1. The second-order valence-electron chi connectivity index (χ2n) is 14.2. The van der Waals surface area contributed by atoms with Crippen LogP contribution >= 0.6 is 11.3 Å². The Hall–Kier alpha value is -4.71. The van der Waals surface area contributed by atoms with Gasteiger partial charge in [-0.15, -0.1) is 11.3 Å². The van der Waals surface area contributed by atoms with E-state index in [0.29, 0.717) is 22.8 Å². The second-order valence-corrected chi connectivity index (χ2v) is 17.0. The Kier molecular flexibility index (Phi) is 14.1. The number of hydrogen-bond acceptors (Lipinski definition) is 11. The number of oxime groups is 1. The van der Waals surface area contributed by atoms with E-state index in [1.54, 1.807) is 12.3 Å². The van der Waals surface area contributed by atoms with Gasteiger partial charge in [0.1, 0.15) is 12.6 Å². The van der Waals surface area contributed by atoms with Crippen LogP contribution in [0.2, 0.25) is 0 Å². The first-order valence-electron chi connectivity index (χ1n) is 18.4. The smallest absolute Gasteiger partial charge is 0.328 e. The maximum Gasteiger partial charge on any atom is 0.328 e. The molecule has 1 unspecified atom stereocenters. The summed E-state index contributed by atoms with van der Waals surface area (Å²) in [5.41, 5.74) is 1.70. The number of anilines is 1. The lowest BCUT2D eigenvalue weighted by Gasteiger charge is -2.34. The predicted octanol–water partition coefficient (Wildman–Crippen LogP) is 4.06. The first kappa shape index (κ1) is 41.5. The summed E-state index contributed by atoms with van der Waals surface area (Å²) in [5, 5.41) is 31.4. The number of aliphatic hydroxyl groups excluding tert-OH is 1. The van der Waals surface area contributed by atoms with E-state index in [1.165, 1.54) is 46.6 Å². The molecule has 2 fully saturated rings. The number of nitrogens with one attached hydrogen (secondary N) is 2. The molecule has 1 aromatic heterocycles. The van der Waals surface area contributed by atoms with E-state index in [9.17, 15) is 32.7 Å². The zero-order valence-corrected chi connectivity index (χ0v) is 32.8. The largest absolute Gasteiger partial charge is 0.411 e. The molecule has 4 N–H and O–H groups in total. The average molecular weight is 796 g/mol. The van der Waals surface area contributed by atoms with E-state index in [-0.39, 0.29) is 49.3 Å². The minimum Gasteiger partial charge on any atom is -0.411 e. The molecule has 1 aliphatic heterocycles. The Morgan fingerprint density at radius 3 is 2.44 bits per heavy atom. The Bertz CT molecular complexity index is 1930. The van der Waals surface area contributed by atoms with E-state index in [1.807, 2.05) is 37.3 Å². The Morgan fingerprint density at radius 1 is 1.11 bits per heavy atom. The lowest BCUT2D eigenvalue weighted by molar-refractivity contribution is -0.129. The fourth-order valence-corrected chi connectivity index (χ4v) is 9.34. The Balaban J connectivity index is 1.40. The number of aromatic nitrogens is 1. The monoisotopic (exact) mass is 795 g/mol. The molecule has 1 aliphatic carbocycles. The highest BCUT2D eigenvalue weighted by atomic mass is 32.2. The topological polar surface area (TPSA) is 202 Å². The van der Waals surface area contributed by atoms with Gasteiger partial charge in [0.25, 0.3) is 5.91 Å². The van der Waals surface area contributed by atoms with Crippen LogP contribution in [0.25, 0.3) is 0 Å². The van der Waals surface area contributed by atoms with E-state index in [0.717, 1.165) is 47.5 Å². The number of sulfonamides is 1. The van der Waals surface area contributed by atoms with E-state index in [4.69, 9.17) is 5.21 Å². The summed E-state index contributed by atoms with van der Waals surface area (Å²) in [4.78, 5) is 59.4. The zero-order chi connectivity index (χ0) is 39.7. The fourth-order valence-electron chi connectivity index (χ4n) is 7.06. The minimum absolute atomic E-state index is 0.0130. The van der Waals surface area contributed by atoms with Crippen molar-refractivity contribution in [3.63, 3.8) is 0 Å². The van der Waals surface area contributed by atoms with Gasteiger partial charge >= 0.3 is 6.03 Å². The summed E-state index contributed by atoms with van der Waals surface area (Å²) in [5.74, 6) is -1.68. The van der Waals surface area contributed by atoms with Crippen molar-refractivity contribution >= 4 is 56.5 Å². The van der Waals surface area contributed by atoms with Gasteiger partial charge in [-0.1, -0.05) is 80.7 Å². The first-order chi connectivity index (χ1) is 26.3. The maximum absolute atomic E-state index is 14.4. The zero-order valence-electron chi connectivity index (χ0n) is 31.2. The van der Waals surface area contributed by atoms with Gasteiger partial charge in [-0.3, -0.25) is 19.3 Å². The molecule has 2 heterocycles. The molecule has 2 aliphatic rings. The van der Waals surface area contributed by atoms with Gasteiger partial charge in [0.2, 0.25) is 21.8 Å². The standard InChI is InChI=1S/C38H49N7O8S2/c1-4-25(2)35(45-23-34(48)44(38(45)50)21-30-24-54-37(41-30)40-26(3)46)36(49)42-32(18-27-10-6-5-7-11-27)33(47)22-43(20-29-12-8-9-13-29)55(52,53)31-16-14-28(15-17-31)19-39-51/h5-7,10-11,14-17,19,24-25,29,32-33,35,47,51H,4,8-9,12-13,18,20-23H2,1-3H3,(H,42,49)(H,40,41,46)/b39-19+/t25-,32?,33+,35-/m0/s1. The SMILES string of the molecule is CC[C@H](C)[C@@H](C(=O)NC(Cc1ccccc1)[C@H](O)CN(CC1CCCC1)S(=O)(=O)c1ccc(/C=N/O)cc1)N1CC(=O)N(Cc2csc(NC(C)=O)n2)C1=O. The minimum atomic E-state index is -4.11. The van der Waals surface area contributed by atoms with Crippen LogP contribution in [0.5, 0.6) is 0 Å². The van der Waals surface area contributed by atoms with Crippen molar-refractivity contribution in [1.82, 2.24) is 24.4 Å². The number of carbonyl (C=O) groups is 4. The fraction of sp³-hybridized carbons (Fsp3) is 0.474. The molecule has 0 bridgehead atoms. The van der Waals surface area contributed by atoms with Crippen LogP contribution in [-0.2, 0) is 37.4 Å². The third-order valence-electron chi connectivity index (χ3n) is 10.2. The number of aliphatic hydroxyl groups is 1. The lowest BCUT2D eigenvalue weighted by Crippen LogP contribution is -2.57. The molecule has 0 spiro atoms. The molecule has 5 amide bonds. The highest BCUT2D eigenvalue weighted by molar-refractivity contribution is 7.89. The van der Waals surface area contributed by atoms with E-state index in [2.05, 4.69) is 20.8 Å². The number of hydrogen-bond donors (Lipinski definition) is 4. The lowest BCUT2D eigenvalue weighted by atomic mass is 9.95. The maximum atomic E-state index is 14.4. The molecular weight excluding hydrogens is 747 g/mol. The molecule has 0 radical (unpaired) electrons. The normalized spacial score (nSPS) is 17.5. The molecular formula is C38H49N7O8S2. The molecule has 3 aromatic rings. The quantitative estimate of drug-likeness (QED) is 0.0634. The molecule has 15 nitrogen and oxygen atoms in total. The Labute approximate surface area is 325 Å². The summed E-state index contributed by atoms with van der Waals surface area (Å²) in [7, 11) is -4.11. The van der Waals surface area contributed by atoms with Crippen LogP contribution in [0.15, 0.2) is 70.0 Å². The van der Waals surface area contributed by atoms with Crippen LogP contribution in [0.3, 0.4) is 0 Å². The number of amides is 5. The van der Waals surface area contributed by atoms with Gasteiger partial charge in [-0.25, -0.2) is 18.2 Å². The molecule has 1 saturated heterocycles. The second kappa shape index (κ2) is 18.8. The van der Waals surface area contributed by atoms with Crippen LogP contribution in [0.1, 0.15) is 69.7 Å². The van der Waals surface area contributed by atoms with Crippen molar-refractivity contribution < 1.29 is 37.9 Å². The molecule has 2 aromatic carbocycles. The van der Waals surface area contributed by atoms with E-state index < -0.39 is 52.0 Å². The van der Waals surface area contributed by atoms with Crippen molar-refractivity contribution in [3.8, 4) is 0 Å². The number of rotatable bonds is 18. The summed E-state index contributed by atoms with van der Waals surface area (Å²) in [6, 6.07) is 12.4. The van der Waals surface area contributed by atoms with Gasteiger partial charge < -0.3 is 25.8 Å². The van der Waals surface area contributed by atoms with Crippen LogP contribution < -0.4 is 10.6 Å². The highest BCUT2D eigenvalue weighted by Crippen LogP contribution is 2.29. The van der Waals surface area contributed by atoms with Crippen LogP contribution in [-0.4, -0.2) is 106 Å². The van der Waals surface area contributed by atoms with Crippen molar-refractivity contribution in [1.29, 1.82) is 0 Å². The summed E-state index contributed by atoms with van der Waals surface area (Å²) >= 11 is 1.16. The van der Waals surface area contributed by atoms with E-state index >= 15 is 0 Å². The van der Waals surface area contributed by atoms with Gasteiger partial charge in [0, 0.05) is 25.4 Å². The third-order valence-corrected chi connectivity index (χ3v) is 12.8. The number of urea groups is 1. The molecule has 4 atom stereocenters. The molecule has 17 heteroatoms. The molecule has 5 rings (SSSR count). The van der Waals surface area contributed by atoms with Crippen molar-refractivity contribution in [2.24, 2.45) is 17.0 Å². The van der Waals surface area contributed by atoms with Crippen molar-refractivity contribution in [2.75, 3.05) is 25.0 Å². The number of nitrogens with zero attached hydrogens (tertiary/aromatic N) is 5. The van der Waals surface area contributed by atoms with Gasteiger partial charge in [-0.05, 0) is 54.4 Å². The highest BCUT2D eigenvalue weighted by Gasteiger charge is 2.45. The van der Waals surface area contributed by atoms with Gasteiger partial charge in [0.05, 0.1) is 35.5 Å². The number of carbonyl (C=O) groups excluding carboxylic acids is 4. The van der Waals surface area contributed by atoms with Gasteiger partial charge in [0.15, 0.2) is 5.13 Å². The predicted molar refractivity (Wildman–Crippen MR) is 207 cm³/mol. The van der Waals surface area contributed by atoms with Crippen molar-refractivity contribution in [3.05, 3.63) is 76.8 Å². The Morgan fingerprint density at radius 2 is 1.80 bits per heavy atom. The first-order valence-corrected chi connectivity index (χ1v) is 20.8. The van der Waals surface area contributed by atoms with Crippen LogP contribution in [0.4, 0.5) is 9.93 Å². The van der Waals surface area contributed by atoms with Crippen molar-refractivity contribution in [2.45, 2.75) is 88.9 Å². The number of imide groups is 1. The average Bonchev–Trinajstić information content (AvgIpc) is 3.90. The van der Waals surface area contributed by atoms with Crippen LogP contribution in [0, 0.1) is 11.8 Å². The van der Waals surface area contributed by atoms with Gasteiger partial charge in [-0.2, -0.15) is 4.31 Å². The summed E-state index contributed by atoms with van der Waals surface area (Å²) < 4.78 is 29.6.